The van der Waals surface area contributed by atoms with Crippen molar-refractivity contribution >= 4 is 41.9 Å². The molecule has 0 unspecified atom stereocenters. The van der Waals surface area contributed by atoms with Crippen molar-refractivity contribution in [3.05, 3.63) is 71.5 Å². The Bertz CT molecular complexity index is 1600. The number of esters is 1. The number of imidazole rings is 1. The topological polar surface area (TPSA) is 104 Å². The first-order valence-corrected chi connectivity index (χ1v) is 18.5. The van der Waals surface area contributed by atoms with Gasteiger partial charge in [0, 0.05) is 49.9 Å². The summed E-state index contributed by atoms with van der Waals surface area (Å²) in [7, 11) is 0.987. The molecule has 1 saturated heterocycles. The van der Waals surface area contributed by atoms with Crippen molar-refractivity contribution in [1.82, 2.24) is 19.3 Å². The Hall–Kier alpha value is -3.16. The lowest BCUT2D eigenvalue weighted by Gasteiger charge is -2.50. The zero-order chi connectivity index (χ0) is 32.2. The van der Waals surface area contributed by atoms with Crippen LogP contribution >= 0.6 is 11.3 Å². The molecule has 0 radical (unpaired) electrons. The molecule has 3 aromatic heterocycles. The van der Waals surface area contributed by atoms with Crippen molar-refractivity contribution in [1.29, 1.82) is 0 Å². The number of aromatic nitrogens is 3. The van der Waals surface area contributed by atoms with Gasteiger partial charge in [0.15, 0.2) is 8.32 Å². The first kappa shape index (κ1) is 32.2. The fourth-order valence-electron chi connectivity index (χ4n) is 6.14. The molecule has 0 N–H and O–H groups in total. The minimum atomic E-state index is -2.14. The van der Waals surface area contributed by atoms with Crippen LogP contribution in [0.1, 0.15) is 50.8 Å². The van der Waals surface area contributed by atoms with Crippen LogP contribution in [0.5, 0.6) is 0 Å². The lowest BCUT2D eigenvalue weighted by atomic mass is 9.77. The number of rotatable bonds is 11. The Morgan fingerprint density at radius 3 is 2.55 bits per heavy atom. The van der Waals surface area contributed by atoms with Gasteiger partial charge in [0.2, 0.25) is 11.7 Å². The van der Waals surface area contributed by atoms with Crippen molar-refractivity contribution in [2.45, 2.75) is 70.7 Å². The number of fused-ring (bicyclic) bond motifs is 2. The molecule has 5 rings (SSSR count). The third-order valence-electron chi connectivity index (χ3n) is 9.38. The van der Waals surface area contributed by atoms with Crippen LogP contribution < -0.4 is 0 Å². The van der Waals surface area contributed by atoms with E-state index in [4.69, 9.17) is 18.6 Å². The largest absolute Gasteiger partial charge is 0.457 e. The molecular weight excluding hydrogens is 597 g/mol. The van der Waals surface area contributed by atoms with Crippen molar-refractivity contribution in [2.24, 2.45) is 11.8 Å². The molecule has 44 heavy (non-hydrogen) atoms. The highest BCUT2D eigenvalue weighted by Crippen LogP contribution is 2.53. The molecule has 236 valence electrons. The molecule has 1 amide bonds. The highest BCUT2D eigenvalue weighted by atomic mass is 32.1. The van der Waals surface area contributed by atoms with Gasteiger partial charge in [-0.15, -0.1) is 11.3 Å². The molecule has 0 bridgehead atoms. The van der Waals surface area contributed by atoms with Crippen molar-refractivity contribution in [2.75, 3.05) is 20.8 Å². The summed E-state index contributed by atoms with van der Waals surface area (Å²) in [6.07, 6.45) is 8.22. The molecule has 5 heterocycles. The lowest BCUT2D eigenvalue weighted by molar-refractivity contribution is -0.185. The summed E-state index contributed by atoms with van der Waals surface area (Å²) in [4.78, 5) is 39.5. The molecule has 1 fully saturated rings. The number of pyridine rings is 1. The number of methoxy groups -OCH3 is 2. The van der Waals surface area contributed by atoms with Gasteiger partial charge < -0.3 is 23.5 Å². The van der Waals surface area contributed by atoms with Crippen LogP contribution in [0.15, 0.2) is 55.4 Å². The van der Waals surface area contributed by atoms with E-state index >= 15 is 0 Å². The Labute approximate surface area is 263 Å². The number of hydrogen-bond donors (Lipinski definition) is 0. The van der Waals surface area contributed by atoms with Gasteiger partial charge in [-0.3, -0.25) is 14.2 Å². The second-order valence-electron chi connectivity index (χ2n) is 12.9. The van der Waals surface area contributed by atoms with E-state index in [2.05, 4.69) is 57.3 Å². The highest BCUT2D eigenvalue weighted by Gasteiger charge is 2.61. The van der Waals surface area contributed by atoms with E-state index < -0.39 is 20.1 Å². The standard InChI is InChI=1S/C32H42N4O6SSi/c1-11-15-41-30(38)26-23(19(2)25-24(28(37)36(25)26)20(3)42-44(9,10)31(4,5)6)22-17-35-18-34-27(29(35)43-22)32(39-7,40-8)21-13-12-14-33-16-21/h11-14,16-20,24-25H,1,15H2,2-10H3/t19-,20+,24+,25+/m0/s1. The molecule has 0 saturated carbocycles. The zero-order valence-corrected chi connectivity index (χ0v) is 28.7. The maximum atomic E-state index is 13.8. The number of ether oxygens (including phenoxy) is 3. The van der Waals surface area contributed by atoms with Gasteiger partial charge in [-0.05, 0) is 31.1 Å². The van der Waals surface area contributed by atoms with Crippen molar-refractivity contribution in [3.63, 3.8) is 0 Å². The Morgan fingerprint density at radius 2 is 1.95 bits per heavy atom. The Balaban J connectivity index is 1.58. The minimum absolute atomic E-state index is 0.00193. The van der Waals surface area contributed by atoms with Gasteiger partial charge in [0.1, 0.15) is 29.2 Å². The monoisotopic (exact) mass is 638 g/mol. The second-order valence-corrected chi connectivity index (χ2v) is 18.7. The average molecular weight is 639 g/mol. The summed E-state index contributed by atoms with van der Waals surface area (Å²) < 4.78 is 26.0. The Kier molecular flexibility index (Phi) is 8.53. The quantitative estimate of drug-likeness (QED) is 0.0878. The van der Waals surface area contributed by atoms with Gasteiger partial charge in [-0.2, -0.15) is 0 Å². The summed E-state index contributed by atoms with van der Waals surface area (Å²) in [6, 6.07) is 3.46. The summed E-state index contributed by atoms with van der Waals surface area (Å²) >= 11 is 1.46. The maximum absolute atomic E-state index is 13.8. The molecule has 10 nitrogen and oxygen atoms in total. The van der Waals surface area contributed by atoms with E-state index in [0.29, 0.717) is 11.3 Å². The van der Waals surface area contributed by atoms with Gasteiger partial charge in [0.25, 0.3) is 0 Å². The number of carbonyl (C=O) groups is 2. The molecule has 2 aliphatic rings. The normalized spacial score (nSPS) is 21.4. The third-order valence-corrected chi connectivity index (χ3v) is 15.1. The molecule has 0 aliphatic carbocycles. The minimum Gasteiger partial charge on any atom is -0.457 e. The van der Waals surface area contributed by atoms with Crippen LogP contribution in [0.25, 0.3) is 10.4 Å². The van der Waals surface area contributed by atoms with E-state index in [1.807, 2.05) is 29.7 Å². The first-order chi connectivity index (χ1) is 20.7. The number of hydrogen-bond acceptors (Lipinski definition) is 9. The van der Waals surface area contributed by atoms with Crippen molar-refractivity contribution < 1.29 is 28.2 Å². The fraction of sp³-hybridized carbons (Fsp3) is 0.500. The summed E-state index contributed by atoms with van der Waals surface area (Å²) in [6.45, 7) is 18.7. The average Bonchev–Trinajstić information content (AvgIpc) is 3.63. The molecule has 0 aromatic carbocycles. The lowest BCUT2D eigenvalue weighted by Crippen LogP contribution is -2.65. The fourth-order valence-corrected chi connectivity index (χ4v) is 8.83. The van der Waals surface area contributed by atoms with E-state index in [0.717, 1.165) is 15.3 Å². The van der Waals surface area contributed by atoms with Crippen LogP contribution in [0.2, 0.25) is 18.1 Å². The van der Waals surface area contributed by atoms with Crippen LogP contribution in [-0.2, 0) is 34.0 Å². The maximum Gasteiger partial charge on any atom is 0.355 e. The van der Waals surface area contributed by atoms with E-state index in [9.17, 15) is 9.59 Å². The summed E-state index contributed by atoms with van der Waals surface area (Å²) in [5, 5.41) is -0.00193. The molecule has 2 aliphatic heterocycles. The highest BCUT2D eigenvalue weighted by molar-refractivity contribution is 7.18. The number of nitrogens with zero attached hydrogens (tertiary/aromatic N) is 4. The van der Waals surface area contributed by atoms with Gasteiger partial charge in [-0.1, -0.05) is 46.4 Å². The SMILES string of the molecule is C=CCOC(=O)C1=C(c2cn3cnc(C(OC)(OC)c4cccnc4)c3s2)[C@H](C)[C@@H]2[C@@H]([C@@H](C)O[Si](C)(C)C(C)(C)C)C(=O)N12. The predicted octanol–water partition coefficient (Wildman–Crippen LogP) is 5.61. The number of thiazole rings is 1. The second kappa shape index (κ2) is 11.6. The Morgan fingerprint density at radius 1 is 1.25 bits per heavy atom. The molecular formula is C32H42N4O6SSi. The van der Waals surface area contributed by atoms with E-state index in [-0.39, 0.29) is 47.2 Å². The van der Waals surface area contributed by atoms with Crippen LogP contribution in [0.3, 0.4) is 0 Å². The van der Waals surface area contributed by atoms with Gasteiger partial charge in [0.05, 0.1) is 22.9 Å². The van der Waals surface area contributed by atoms with Crippen LogP contribution in [0.4, 0.5) is 0 Å². The molecule has 0 spiro atoms. The molecule has 4 atom stereocenters. The molecule has 3 aromatic rings. The van der Waals surface area contributed by atoms with E-state index in [1.165, 1.54) is 17.4 Å². The molecule has 12 heteroatoms. The van der Waals surface area contributed by atoms with Crippen molar-refractivity contribution in [3.8, 4) is 0 Å². The number of β-lactam (4-membered cyclic amide) rings is 1. The smallest absolute Gasteiger partial charge is 0.355 e. The van der Waals surface area contributed by atoms with Gasteiger partial charge in [-0.25, -0.2) is 9.78 Å². The zero-order valence-electron chi connectivity index (χ0n) is 26.9. The first-order valence-electron chi connectivity index (χ1n) is 14.7. The van der Waals surface area contributed by atoms with Gasteiger partial charge >= 0.3 is 5.97 Å². The number of carbonyl (C=O) groups excluding carboxylic acids is 2. The summed E-state index contributed by atoms with van der Waals surface area (Å²) in [5.41, 5.74) is 2.29. The predicted molar refractivity (Wildman–Crippen MR) is 171 cm³/mol. The van der Waals surface area contributed by atoms with E-state index in [1.54, 1.807) is 37.8 Å². The van der Waals surface area contributed by atoms with Crippen LogP contribution in [0, 0.1) is 11.8 Å². The number of amides is 1. The van der Waals surface area contributed by atoms with Crippen LogP contribution in [-0.4, -0.2) is 72.4 Å². The summed E-state index contributed by atoms with van der Waals surface area (Å²) in [5.74, 6) is -2.49. The third kappa shape index (κ3) is 4.96.